The number of H-pyrrole nitrogens is 1. The van der Waals surface area contributed by atoms with Crippen molar-refractivity contribution in [1.29, 1.82) is 0 Å². The van der Waals surface area contributed by atoms with Gasteiger partial charge in [-0.2, -0.15) is 0 Å². The molecular formula is C15H18N2O2S2. The molecule has 0 atom stereocenters. The van der Waals surface area contributed by atoms with Crippen LogP contribution in [0.15, 0.2) is 24.3 Å². The minimum Gasteiger partial charge on any atom is -0.494 e. The van der Waals surface area contributed by atoms with Crippen molar-refractivity contribution < 1.29 is 9.53 Å². The minimum atomic E-state index is -0.0504. The summed E-state index contributed by atoms with van der Waals surface area (Å²) in [5.74, 6) is 0.764. The van der Waals surface area contributed by atoms with E-state index in [9.17, 15) is 4.79 Å². The lowest BCUT2D eigenvalue weighted by Gasteiger charge is -2.07. The van der Waals surface area contributed by atoms with E-state index in [1.165, 1.54) is 11.3 Å². The maximum atomic E-state index is 12.0. The molecule has 1 amide bonds. The van der Waals surface area contributed by atoms with Crippen molar-refractivity contribution >= 4 is 35.1 Å². The van der Waals surface area contributed by atoms with Crippen LogP contribution in [-0.4, -0.2) is 17.5 Å². The van der Waals surface area contributed by atoms with E-state index in [1.807, 2.05) is 31.2 Å². The molecule has 1 aromatic heterocycles. The predicted molar refractivity (Wildman–Crippen MR) is 88.8 cm³/mol. The van der Waals surface area contributed by atoms with Crippen molar-refractivity contribution in [2.45, 2.75) is 26.7 Å². The number of hydrogen-bond donors (Lipinski definition) is 2. The number of rotatable bonds is 6. The van der Waals surface area contributed by atoms with Crippen LogP contribution in [0, 0.1) is 10.9 Å². The third-order valence-electron chi connectivity index (χ3n) is 2.86. The van der Waals surface area contributed by atoms with Crippen LogP contribution in [0.5, 0.6) is 5.75 Å². The lowest BCUT2D eigenvalue weighted by molar-refractivity contribution is -0.115. The number of nitrogens with one attached hydrogen (secondary N) is 2. The van der Waals surface area contributed by atoms with Gasteiger partial charge in [0, 0.05) is 16.3 Å². The molecule has 1 aromatic carbocycles. The Labute approximate surface area is 133 Å². The normalized spacial score (nSPS) is 10.4. The Morgan fingerprint density at radius 2 is 2.10 bits per heavy atom. The Balaban J connectivity index is 1.93. The van der Waals surface area contributed by atoms with E-state index in [4.69, 9.17) is 17.0 Å². The number of benzene rings is 1. The van der Waals surface area contributed by atoms with E-state index in [0.717, 1.165) is 28.4 Å². The largest absolute Gasteiger partial charge is 0.494 e. The molecule has 0 aliphatic carbocycles. The van der Waals surface area contributed by atoms with Gasteiger partial charge >= 0.3 is 0 Å². The summed E-state index contributed by atoms with van der Waals surface area (Å²) in [5, 5.41) is 2.87. The highest BCUT2D eigenvalue weighted by Gasteiger charge is 2.09. The topological polar surface area (TPSA) is 54.1 Å². The van der Waals surface area contributed by atoms with Gasteiger partial charge in [0.05, 0.1) is 13.0 Å². The Bertz CT molecular complexity index is 659. The first-order valence-corrected chi connectivity index (χ1v) is 8.02. The van der Waals surface area contributed by atoms with E-state index in [0.29, 0.717) is 17.0 Å². The van der Waals surface area contributed by atoms with Gasteiger partial charge in [-0.05, 0) is 49.8 Å². The average Bonchev–Trinajstić information content (AvgIpc) is 2.76. The summed E-state index contributed by atoms with van der Waals surface area (Å²) in [6.07, 6.45) is 1.30. The minimum absolute atomic E-state index is 0.0504. The number of amides is 1. The van der Waals surface area contributed by atoms with Gasteiger partial charge in [-0.3, -0.25) is 4.79 Å². The predicted octanol–water partition coefficient (Wildman–Crippen LogP) is 4.08. The molecule has 4 nitrogen and oxygen atoms in total. The number of anilines is 1. The van der Waals surface area contributed by atoms with Crippen LogP contribution in [0.2, 0.25) is 0 Å². The summed E-state index contributed by atoms with van der Waals surface area (Å²) in [6.45, 7) is 4.69. The summed E-state index contributed by atoms with van der Waals surface area (Å²) >= 11 is 6.51. The Morgan fingerprint density at radius 1 is 1.38 bits per heavy atom. The molecule has 2 aromatic rings. The third-order valence-corrected chi connectivity index (χ3v) is 4.19. The van der Waals surface area contributed by atoms with Crippen LogP contribution >= 0.6 is 23.6 Å². The number of carbonyl (C=O) groups excluding carboxylic acids is 1. The molecule has 0 aliphatic rings. The van der Waals surface area contributed by atoms with Crippen molar-refractivity contribution in [3.63, 3.8) is 0 Å². The van der Waals surface area contributed by atoms with E-state index >= 15 is 0 Å². The first-order chi connectivity index (χ1) is 10.1. The van der Waals surface area contributed by atoms with Crippen LogP contribution in [0.4, 0.5) is 5.69 Å². The second-order valence-electron chi connectivity index (χ2n) is 4.66. The standard InChI is InChI=1S/C15H18N2O2S2/c1-3-8-19-12-6-4-11(5-7-12)17-14(18)9-13-10(2)16-15(20)21-13/h4-7H,3,8-9H2,1-2H3,(H,16,20)(H,17,18). The van der Waals surface area contributed by atoms with Crippen LogP contribution in [0.25, 0.3) is 0 Å². The fourth-order valence-electron chi connectivity index (χ4n) is 1.81. The van der Waals surface area contributed by atoms with Gasteiger partial charge in [0.25, 0.3) is 0 Å². The zero-order chi connectivity index (χ0) is 15.2. The first-order valence-electron chi connectivity index (χ1n) is 6.79. The Hall–Kier alpha value is -1.66. The maximum absolute atomic E-state index is 12.0. The van der Waals surface area contributed by atoms with Crippen molar-refractivity contribution in [1.82, 2.24) is 4.98 Å². The van der Waals surface area contributed by atoms with Crippen LogP contribution < -0.4 is 10.1 Å². The molecule has 2 rings (SSSR count). The van der Waals surface area contributed by atoms with Gasteiger partial charge < -0.3 is 15.0 Å². The molecule has 0 spiro atoms. The number of aromatic amines is 1. The molecule has 1 heterocycles. The Morgan fingerprint density at radius 3 is 2.67 bits per heavy atom. The van der Waals surface area contributed by atoms with Gasteiger partial charge in [-0.25, -0.2) is 0 Å². The zero-order valence-electron chi connectivity index (χ0n) is 12.1. The molecule has 0 saturated carbocycles. The van der Waals surface area contributed by atoms with Gasteiger partial charge in [-0.1, -0.05) is 6.92 Å². The zero-order valence-corrected chi connectivity index (χ0v) is 13.7. The molecule has 0 aliphatic heterocycles. The molecular weight excluding hydrogens is 304 g/mol. The highest BCUT2D eigenvalue weighted by Crippen LogP contribution is 2.18. The van der Waals surface area contributed by atoms with Crippen molar-refractivity contribution in [3.8, 4) is 5.75 Å². The molecule has 2 N–H and O–H groups in total. The fourth-order valence-corrected chi connectivity index (χ4v) is 3.10. The highest BCUT2D eigenvalue weighted by atomic mass is 32.1. The summed E-state index contributed by atoms with van der Waals surface area (Å²) < 4.78 is 6.20. The quantitative estimate of drug-likeness (QED) is 0.788. The summed E-state index contributed by atoms with van der Waals surface area (Å²) in [6, 6.07) is 7.40. The molecule has 0 bridgehead atoms. The molecule has 0 radical (unpaired) electrons. The number of aromatic nitrogens is 1. The van der Waals surface area contributed by atoms with Crippen molar-refractivity contribution in [2.24, 2.45) is 0 Å². The fraction of sp³-hybridized carbons (Fsp3) is 0.333. The number of thiazole rings is 1. The van der Waals surface area contributed by atoms with E-state index in [2.05, 4.69) is 17.2 Å². The van der Waals surface area contributed by atoms with Gasteiger partial charge in [0.1, 0.15) is 5.75 Å². The first kappa shape index (κ1) is 15.7. The second kappa shape index (κ2) is 7.38. The lowest BCUT2D eigenvalue weighted by Crippen LogP contribution is -2.14. The molecule has 21 heavy (non-hydrogen) atoms. The molecule has 6 heteroatoms. The summed E-state index contributed by atoms with van der Waals surface area (Å²) in [5.41, 5.74) is 1.73. The van der Waals surface area contributed by atoms with E-state index in [1.54, 1.807) is 0 Å². The van der Waals surface area contributed by atoms with Crippen molar-refractivity contribution in [3.05, 3.63) is 38.8 Å². The third kappa shape index (κ3) is 4.68. The smallest absolute Gasteiger partial charge is 0.229 e. The number of carbonyl (C=O) groups is 1. The highest BCUT2D eigenvalue weighted by molar-refractivity contribution is 7.73. The monoisotopic (exact) mass is 322 g/mol. The molecule has 112 valence electrons. The average molecular weight is 322 g/mol. The number of ether oxygens (including phenoxy) is 1. The van der Waals surface area contributed by atoms with Crippen LogP contribution in [0.3, 0.4) is 0 Å². The molecule has 0 fully saturated rings. The van der Waals surface area contributed by atoms with Gasteiger partial charge in [0.2, 0.25) is 5.91 Å². The van der Waals surface area contributed by atoms with Crippen LogP contribution in [0.1, 0.15) is 23.9 Å². The number of aryl methyl sites for hydroxylation is 1. The Kier molecular flexibility index (Phi) is 5.52. The SMILES string of the molecule is CCCOc1ccc(NC(=O)Cc2sc(=S)[nH]c2C)cc1. The second-order valence-corrected chi connectivity index (χ2v) is 6.43. The van der Waals surface area contributed by atoms with E-state index in [-0.39, 0.29) is 5.91 Å². The maximum Gasteiger partial charge on any atom is 0.229 e. The van der Waals surface area contributed by atoms with E-state index < -0.39 is 0 Å². The van der Waals surface area contributed by atoms with Gasteiger partial charge in [-0.15, -0.1) is 11.3 Å². The molecule has 0 saturated heterocycles. The summed E-state index contributed by atoms with van der Waals surface area (Å²) in [4.78, 5) is 16.0. The van der Waals surface area contributed by atoms with Crippen LogP contribution in [-0.2, 0) is 11.2 Å². The van der Waals surface area contributed by atoms with Crippen molar-refractivity contribution in [2.75, 3.05) is 11.9 Å². The number of hydrogen-bond acceptors (Lipinski definition) is 4. The van der Waals surface area contributed by atoms with Gasteiger partial charge in [0.15, 0.2) is 3.95 Å². The molecule has 0 unspecified atom stereocenters. The lowest BCUT2D eigenvalue weighted by atomic mass is 10.2. The summed E-state index contributed by atoms with van der Waals surface area (Å²) in [7, 11) is 0.